The van der Waals surface area contributed by atoms with Gasteiger partial charge < -0.3 is 35.0 Å². The smallest absolute Gasteiger partial charge is 0.319 e. The van der Waals surface area contributed by atoms with Gasteiger partial charge in [0.15, 0.2) is 0 Å². The van der Waals surface area contributed by atoms with Crippen molar-refractivity contribution in [2.24, 2.45) is 5.92 Å². The van der Waals surface area contributed by atoms with Gasteiger partial charge in [0.1, 0.15) is 5.75 Å². The van der Waals surface area contributed by atoms with Gasteiger partial charge in [-0.15, -0.1) is 0 Å². The Morgan fingerprint density at radius 2 is 1.94 bits per heavy atom. The van der Waals surface area contributed by atoms with Crippen LogP contribution in [0.2, 0.25) is 0 Å². The number of nitrogens with one attached hydrogen (secondary N) is 2. The fourth-order valence-corrected chi connectivity index (χ4v) is 4.25. The van der Waals surface area contributed by atoms with Crippen molar-refractivity contribution >= 4 is 17.6 Å². The van der Waals surface area contributed by atoms with Crippen LogP contribution in [0.4, 0.5) is 10.5 Å². The Labute approximate surface area is 216 Å². The summed E-state index contributed by atoms with van der Waals surface area (Å²) >= 11 is 0. The Balaban J connectivity index is 2.46. The minimum Gasteiger partial charge on any atom is -0.490 e. The van der Waals surface area contributed by atoms with Crippen LogP contribution < -0.4 is 15.4 Å². The minimum absolute atomic E-state index is 0.0205. The molecule has 0 unspecified atom stereocenters. The molecule has 0 saturated heterocycles. The molecule has 1 aliphatic heterocycles. The lowest BCUT2D eigenvalue weighted by molar-refractivity contribution is -0.0137. The van der Waals surface area contributed by atoms with Crippen LogP contribution in [0.25, 0.3) is 0 Å². The molecule has 3 N–H and O–H groups in total. The number of urea groups is 1. The molecule has 0 bridgehead atoms. The van der Waals surface area contributed by atoms with Gasteiger partial charge in [0.05, 0.1) is 30.4 Å². The molecule has 2 rings (SSSR count). The lowest BCUT2D eigenvalue weighted by Gasteiger charge is -2.35. The number of aliphatic hydroxyl groups is 1. The van der Waals surface area contributed by atoms with Gasteiger partial charge in [0.25, 0.3) is 5.91 Å². The van der Waals surface area contributed by atoms with Crippen LogP contribution in [-0.4, -0.2) is 91.5 Å². The number of fused-ring (bicyclic) bond motifs is 1. The summed E-state index contributed by atoms with van der Waals surface area (Å²) in [5.41, 5.74) is 0.856. The molecule has 4 atom stereocenters. The summed E-state index contributed by atoms with van der Waals surface area (Å²) in [6, 6.07) is 4.37. The number of benzene rings is 1. The monoisotopic (exact) mass is 506 g/mol. The first-order valence-corrected chi connectivity index (χ1v) is 13.1. The number of ether oxygens (including phenoxy) is 2. The topological polar surface area (TPSA) is 103 Å². The molecule has 1 aromatic carbocycles. The molecule has 1 aromatic rings. The zero-order valence-corrected chi connectivity index (χ0v) is 23.0. The second-order valence-electron chi connectivity index (χ2n) is 10.5. The van der Waals surface area contributed by atoms with Crippen molar-refractivity contribution in [3.63, 3.8) is 0 Å². The normalized spacial score (nSPS) is 23.0. The van der Waals surface area contributed by atoms with Crippen molar-refractivity contribution in [2.45, 2.75) is 78.2 Å². The number of carbonyl (C=O) groups excluding carboxylic acids is 2. The first kappa shape index (κ1) is 29.9. The fraction of sp³-hybridized carbons (Fsp3) is 0.704. The van der Waals surface area contributed by atoms with Crippen LogP contribution >= 0.6 is 0 Å². The Morgan fingerprint density at radius 1 is 1.22 bits per heavy atom. The first-order chi connectivity index (χ1) is 17.0. The SMILES string of the molecule is CC(C)NC(=O)Nc1ccc2c(c1)C(=O)N([C@@H](C)CO)C[C@@H](C)[C@@H](CN(C)C)OCCCC[C@@H](C)O2. The summed E-state index contributed by atoms with van der Waals surface area (Å²) in [6.45, 7) is 11.3. The number of likely N-dealkylation sites (N-methyl/N-ethyl adjacent to an activating group) is 1. The quantitative estimate of drug-likeness (QED) is 0.545. The van der Waals surface area contributed by atoms with E-state index in [2.05, 4.69) is 22.5 Å². The van der Waals surface area contributed by atoms with E-state index in [1.807, 2.05) is 41.8 Å². The third kappa shape index (κ3) is 9.26. The third-order valence-electron chi connectivity index (χ3n) is 6.27. The van der Waals surface area contributed by atoms with E-state index in [-0.39, 0.29) is 42.7 Å². The highest BCUT2D eigenvalue weighted by molar-refractivity contribution is 5.99. The Hall–Kier alpha value is -2.36. The third-order valence-corrected chi connectivity index (χ3v) is 6.27. The highest BCUT2D eigenvalue weighted by Gasteiger charge is 2.30. The average Bonchev–Trinajstić information content (AvgIpc) is 2.80. The molecule has 0 radical (unpaired) electrons. The Kier molecular flexibility index (Phi) is 11.9. The molecular weight excluding hydrogens is 460 g/mol. The molecule has 9 heteroatoms. The summed E-state index contributed by atoms with van der Waals surface area (Å²) in [4.78, 5) is 30.0. The van der Waals surface area contributed by atoms with E-state index in [0.717, 1.165) is 25.8 Å². The van der Waals surface area contributed by atoms with Gasteiger partial charge in [-0.05, 0) is 79.3 Å². The second-order valence-corrected chi connectivity index (χ2v) is 10.5. The Morgan fingerprint density at radius 3 is 2.58 bits per heavy atom. The van der Waals surface area contributed by atoms with Gasteiger partial charge in [-0.1, -0.05) is 6.92 Å². The van der Waals surface area contributed by atoms with Gasteiger partial charge in [0, 0.05) is 37.3 Å². The second kappa shape index (κ2) is 14.4. The number of amides is 3. The molecule has 0 spiro atoms. The molecule has 1 heterocycles. The van der Waals surface area contributed by atoms with Crippen LogP contribution in [0.1, 0.15) is 64.2 Å². The predicted molar refractivity (Wildman–Crippen MR) is 143 cm³/mol. The van der Waals surface area contributed by atoms with Crippen LogP contribution in [0, 0.1) is 5.92 Å². The molecule has 0 fully saturated rings. The highest BCUT2D eigenvalue weighted by atomic mass is 16.5. The van der Waals surface area contributed by atoms with E-state index in [1.165, 1.54) is 0 Å². The summed E-state index contributed by atoms with van der Waals surface area (Å²) in [6.07, 6.45) is 2.57. The number of aliphatic hydroxyl groups excluding tert-OH is 1. The molecular formula is C27H46N4O5. The molecule has 1 aliphatic rings. The summed E-state index contributed by atoms with van der Waals surface area (Å²) < 4.78 is 12.5. The summed E-state index contributed by atoms with van der Waals surface area (Å²) in [5.74, 6) is 0.261. The van der Waals surface area contributed by atoms with E-state index in [4.69, 9.17) is 9.47 Å². The molecule has 0 aromatic heterocycles. The molecule has 9 nitrogen and oxygen atoms in total. The maximum absolute atomic E-state index is 14.0. The van der Waals surface area contributed by atoms with E-state index >= 15 is 0 Å². The molecule has 3 amide bonds. The summed E-state index contributed by atoms with van der Waals surface area (Å²) in [5, 5.41) is 15.6. The van der Waals surface area contributed by atoms with E-state index < -0.39 is 6.04 Å². The van der Waals surface area contributed by atoms with Gasteiger partial charge in [0.2, 0.25) is 0 Å². The number of carbonyl (C=O) groups is 2. The van der Waals surface area contributed by atoms with Crippen molar-refractivity contribution < 1.29 is 24.2 Å². The van der Waals surface area contributed by atoms with Crippen molar-refractivity contribution in [1.29, 1.82) is 0 Å². The molecule has 204 valence electrons. The van der Waals surface area contributed by atoms with Crippen molar-refractivity contribution in [3.8, 4) is 5.75 Å². The van der Waals surface area contributed by atoms with Crippen LogP contribution in [0.15, 0.2) is 18.2 Å². The maximum Gasteiger partial charge on any atom is 0.319 e. The van der Waals surface area contributed by atoms with Gasteiger partial charge >= 0.3 is 6.03 Å². The largest absolute Gasteiger partial charge is 0.490 e. The van der Waals surface area contributed by atoms with E-state index in [0.29, 0.717) is 30.2 Å². The predicted octanol–water partition coefficient (Wildman–Crippen LogP) is 3.57. The number of nitrogens with zero attached hydrogens (tertiary/aromatic N) is 2. The molecule has 36 heavy (non-hydrogen) atoms. The number of rotatable bonds is 6. The van der Waals surface area contributed by atoms with Crippen LogP contribution in [-0.2, 0) is 4.74 Å². The minimum atomic E-state index is -0.404. The number of hydrogen-bond acceptors (Lipinski definition) is 6. The molecule has 0 saturated carbocycles. The van der Waals surface area contributed by atoms with E-state index in [1.54, 1.807) is 23.1 Å². The van der Waals surface area contributed by atoms with Crippen molar-refractivity contribution in [1.82, 2.24) is 15.1 Å². The van der Waals surface area contributed by atoms with Crippen molar-refractivity contribution in [2.75, 3.05) is 45.7 Å². The van der Waals surface area contributed by atoms with Gasteiger partial charge in [-0.3, -0.25) is 4.79 Å². The van der Waals surface area contributed by atoms with Gasteiger partial charge in [-0.25, -0.2) is 4.79 Å². The fourth-order valence-electron chi connectivity index (χ4n) is 4.25. The Bertz CT molecular complexity index is 847. The number of anilines is 1. The first-order valence-electron chi connectivity index (χ1n) is 13.1. The van der Waals surface area contributed by atoms with Crippen molar-refractivity contribution in [3.05, 3.63) is 23.8 Å². The highest BCUT2D eigenvalue weighted by Crippen LogP contribution is 2.28. The molecule has 0 aliphatic carbocycles. The zero-order chi connectivity index (χ0) is 26.8. The standard InChI is InChI=1S/C27H46N4O5/c1-18(2)28-27(34)29-22-11-12-24-23(14-22)26(33)31(20(4)17-32)15-19(3)25(16-30(6)7)35-13-9-8-10-21(5)36-24/h11-12,14,18-21,25,32H,8-10,13,15-17H2,1-7H3,(H2,28,29,34)/t19-,20+,21-,25-/m1/s1. The lowest BCUT2D eigenvalue weighted by Crippen LogP contribution is -2.47. The van der Waals surface area contributed by atoms with E-state index in [9.17, 15) is 14.7 Å². The lowest BCUT2D eigenvalue weighted by atomic mass is 10.0. The summed E-state index contributed by atoms with van der Waals surface area (Å²) in [7, 11) is 4.03. The number of hydrogen-bond donors (Lipinski definition) is 3. The van der Waals surface area contributed by atoms with Crippen LogP contribution in [0.5, 0.6) is 5.75 Å². The zero-order valence-electron chi connectivity index (χ0n) is 23.0. The van der Waals surface area contributed by atoms with Gasteiger partial charge in [-0.2, -0.15) is 0 Å². The van der Waals surface area contributed by atoms with Crippen LogP contribution in [0.3, 0.4) is 0 Å². The maximum atomic E-state index is 14.0. The average molecular weight is 507 g/mol.